The van der Waals surface area contributed by atoms with Crippen LogP contribution in [-0.4, -0.2) is 71.4 Å². The molecule has 3 aliphatic rings. The largest absolute Gasteiger partial charge is 0.370 e. The second kappa shape index (κ2) is 17.2. The Morgan fingerprint density at radius 3 is 2.16 bits per heavy atom. The number of rotatable bonds is 19. The number of hydrogen-bond donors (Lipinski definition) is 2. The van der Waals surface area contributed by atoms with E-state index in [9.17, 15) is 0 Å². The lowest BCUT2D eigenvalue weighted by Crippen LogP contribution is -2.41. The van der Waals surface area contributed by atoms with E-state index in [1.165, 1.54) is 122 Å². The molecule has 0 amide bonds. The lowest BCUT2D eigenvalue weighted by Gasteiger charge is -2.27. The number of guanidine groups is 2. The molecule has 0 unspecified atom stereocenters. The van der Waals surface area contributed by atoms with Crippen molar-refractivity contribution in [3.05, 3.63) is 0 Å². The Balaban J connectivity index is 1.34. The van der Waals surface area contributed by atoms with Crippen molar-refractivity contribution in [3.63, 3.8) is 0 Å². The Bertz CT molecular complexity index is 658. The van der Waals surface area contributed by atoms with Crippen molar-refractivity contribution < 1.29 is 0 Å². The minimum Gasteiger partial charge on any atom is -0.370 e. The molecule has 1 saturated carbocycles. The second-order valence-corrected chi connectivity index (χ2v) is 12.2. The van der Waals surface area contributed by atoms with E-state index in [0.717, 1.165) is 50.6 Å². The van der Waals surface area contributed by atoms with E-state index in [-0.39, 0.29) is 0 Å². The van der Waals surface area contributed by atoms with Crippen molar-refractivity contribution in [2.45, 2.75) is 148 Å². The van der Waals surface area contributed by atoms with E-state index in [2.05, 4.69) is 33.5 Å². The van der Waals surface area contributed by atoms with E-state index in [0.29, 0.717) is 12.1 Å². The second-order valence-electron chi connectivity index (χ2n) is 12.2. The Kier molecular flexibility index (Phi) is 14.0. The molecule has 2 aliphatic heterocycles. The highest BCUT2D eigenvalue weighted by Crippen LogP contribution is 2.28. The molecule has 6 heteroatoms. The van der Waals surface area contributed by atoms with Crippen LogP contribution in [0.15, 0.2) is 4.99 Å². The van der Waals surface area contributed by atoms with E-state index in [1.54, 1.807) is 0 Å². The normalized spacial score (nSPS) is 22.9. The fraction of sp³-hybridized carbons (Fsp3) is 0.935. The summed E-state index contributed by atoms with van der Waals surface area (Å²) in [6, 6.07) is 1.04. The molecular formula is C31H60N6. The van der Waals surface area contributed by atoms with Gasteiger partial charge in [-0.2, -0.15) is 0 Å². The van der Waals surface area contributed by atoms with Crippen molar-refractivity contribution in [2.24, 2.45) is 16.6 Å². The molecule has 0 spiro atoms. The maximum atomic E-state index is 8.88. The van der Waals surface area contributed by atoms with Gasteiger partial charge in [-0.3, -0.25) is 10.4 Å². The minimum absolute atomic E-state index is 0.490. The SMILES string of the molecule is CCCCCCCN1C(=N)N(CCCC[C@H]2CN=C(N)N2CCCCC2CCCCC2)C[C@@H]1CCCC. The van der Waals surface area contributed by atoms with E-state index in [1.807, 2.05) is 0 Å². The Morgan fingerprint density at radius 2 is 1.38 bits per heavy atom. The average Bonchev–Trinajstić information content (AvgIpc) is 3.42. The number of hydrogen-bond acceptors (Lipinski definition) is 4. The highest BCUT2D eigenvalue weighted by atomic mass is 15.4. The minimum atomic E-state index is 0.490. The topological polar surface area (TPSA) is 72.0 Å². The molecule has 6 nitrogen and oxygen atoms in total. The van der Waals surface area contributed by atoms with Crippen LogP contribution in [0.3, 0.4) is 0 Å². The molecule has 214 valence electrons. The summed E-state index contributed by atoms with van der Waals surface area (Å²) in [6.45, 7) is 9.67. The zero-order valence-corrected chi connectivity index (χ0v) is 24.6. The summed E-state index contributed by atoms with van der Waals surface area (Å²) in [5.41, 5.74) is 6.29. The lowest BCUT2D eigenvalue weighted by molar-refractivity contribution is 0.288. The average molecular weight is 517 g/mol. The van der Waals surface area contributed by atoms with Crippen LogP contribution in [0.5, 0.6) is 0 Å². The number of unbranched alkanes of at least 4 members (excludes halogenated alkanes) is 7. The van der Waals surface area contributed by atoms with Crippen LogP contribution in [0.4, 0.5) is 0 Å². The van der Waals surface area contributed by atoms with E-state index >= 15 is 0 Å². The van der Waals surface area contributed by atoms with E-state index in [4.69, 9.17) is 11.1 Å². The predicted molar refractivity (Wildman–Crippen MR) is 159 cm³/mol. The first-order chi connectivity index (χ1) is 18.1. The predicted octanol–water partition coefficient (Wildman–Crippen LogP) is 6.99. The first-order valence-electron chi connectivity index (χ1n) is 16.3. The van der Waals surface area contributed by atoms with Crippen LogP contribution in [0.1, 0.15) is 136 Å². The zero-order valence-electron chi connectivity index (χ0n) is 24.6. The summed E-state index contributed by atoms with van der Waals surface area (Å²) in [5, 5.41) is 8.88. The molecular weight excluding hydrogens is 456 g/mol. The van der Waals surface area contributed by atoms with Crippen LogP contribution in [0.25, 0.3) is 0 Å². The lowest BCUT2D eigenvalue weighted by atomic mass is 9.86. The maximum Gasteiger partial charge on any atom is 0.194 e. The van der Waals surface area contributed by atoms with Crippen LogP contribution >= 0.6 is 0 Å². The van der Waals surface area contributed by atoms with Crippen LogP contribution in [-0.2, 0) is 0 Å². The van der Waals surface area contributed by atoms with Gasteiger partial charge in [0.05, 0.1) is 12.6 Å². The van der Waals surface area contributed by atoms with Gasteiger partial charge in [0.15, 0.2) is 11.9 Å². The molecule has 0 aromatic heterocycles. The van der Waals surface area contributed by atoms with Gasteiger partial charge >= 0.3 is 0 Å². The number of nitrogens with one attached hydrogen (secondary N) is 1. The van der Waals surface area contributed by atoms with Crippen molar-refractivity contribution in [2.75, 3.05) is 32.7 Å². The van der Waals surface area contributed by atoms with Crippen molar-refractivity contribution in [1.82, 2.24) is 14.7 Å². The maximum absolute atomic E-state index is 8.88. The van der Waals surface area contributed by atoms with Crippen LogP contribution in [0.2, 0.25) is 0 Å². The van der Waals surface area contributed by atoms with Gasteiger partial charge in [-0.1, -0.05) is 97.3 Å². The van der Waals surface area contributed by atoms with Crippen LogP contribution < -0.4 is 5.73 Å². The van der Waals surface area contributed by atoms with Gasteiger partial charge in [0.25, 0.3) is 0 Å². The van der Waals surface area contributed by atoms with Gasteiger partial charge in [-0.05, 0) is 44.4 Å². The highest BCUT2D eigenvalue weighted by molar-refractivity contribution is 5.80. The molecule has 0 aromatic carbocycles. The Morgan fingerprint density at radius 1 is 0.730 bits per heavy atom. The number of aliphatic imine (C=N–C) groups is 1. The third-order valence-electron chi connectivity index (χ3n) is 9.24. The standard InChI is InChI=1S/C31H60N6/c1-3-5-7-8-14-24-37-29(20-6-4-2)26-35(31(37)33)22-15-13-21-28-25-34-30(32)36(28)23-16-12-19-27-17-10-9-11-18-27/h27-29,33H,3-26H2,1-2H3,(H2,32,34)/t28-,29-/m0/s1. The molecule has 37 heavy (non-hydrogen) atoms. The monoisotopic (exact) mass is 516 g/mol. The third-order valence-corrected chi connectivity index (χ3v) is 9.24. The quantitative estimate of drug-likeness (QED) is 0.182. The number of nitrogens with zero attached hydrogens (tertiary/aromatic N) is 4. The summed E-state index contributed by atoms with van der Waals surface area (Å²) < 4.78 is 0. The summed E-state index contributed by atoms with van der Waals surface area (Å²) in [6.07, 6.45) is 25.1. The van der Waals surface area contributed by atoms with Gasteiger partial charge in [0.2, 0.25) is 0 Å². The van der Waals surface area contributed by atoms with Crippen molar-refractivity contribution >= 4 is 11.9 Å². The molecule has 2 fully saturated rings. The summed E-state index contributed by atoms with van der Waals surface area (Å²) >= 11 is 0. The molecule has 0 aromatic rings. The molecule has 3 N–H and O–H groups in total. The van der Waals surface area contributed by atoms with Gasteiger partial charge in [-0.15, -0.1) is 0 Å². The molecule has 2 atom stereocenters. The fourth-order valence-electron chi connectivity index (χ4n) is 6.85. The van der Waals surface area contributed by atoms with E-state index < -0.39 is 0 Å². The zero-order chi connectivity index (χ0) is 26.3. The molecule has 0 bridgehead atoms. The van der Waals surface area contributed by atoms with Gasteiger partial charge in [0.1, 0.15) is 0 Å². The fourth-order valence-corrected chi connectivity index (χ4v) is 6.85. The molecule has 3 rings (SSSR count). The highest BCUT2D eigenvalue weighted by Gasteiger charge is 2.33. The Hall–Kier alpha value is -1.46. The Labute approximate surface area is 229 Å². The summed E-state index contributed by atoms with van der Waals surface area (Å²) in [4.78, 5) is 11.8. The van der Waals surface area contributed by atoms with Gasteiger partial charge < -0.3 is 20.4 Å². The summed E-state index contributed by atoms with van der Waals surface area (Å²) in [5.74, 6) is 2.55. The van der Waals surface area contributed by atoms with Crippen molar-refractivity contribution in [1.29, 1.82) is 5.41 Å². The first kappa shape index (κ1) is 30.1. The molecule has 1 aliphatic carbocycles. The smallest absolute Gasteiger partial charge is 0.194 e. The first-order valence-corrected chi connectivity index (χ1v) is 16.3. The summed E-state index contributed by atoms with van der Waals surface area (Å²) in [7, 11) is 0. The third kappa shape index (κ3) is 9.98. The molecule has 2 heterocycles. The van der Waals surface area contributed by atoms with Crippen LogP contribution in [0, 0.1) is 11.3 Å². The van der Waals surface area contributed by atoms with Gasteiger partial charge in [-0.25, -0.2) is 0 Å². The van der Waals surface area contributed by atoms with Crippen molar-refractivity contribution in [3.8, 4) is 0 Å². The molecule has 0 radical (unpaired) electrons. The molecule has 1 saturated heterocycles. The number of nitrogens with two attached hydrogens (primary N) is 1. The van der Waals surface area contributed by atoms with Gasteiger partial charge in [0, 0.05) is 32.2 Å².